The van der Waals surface area contributed by atoms with Gasteiger partial charge >= 0.3 is 0 Å². The second-order valence-corrected chi connectivity index (χ2v) is 8.09. The van der Waals surface area contributed by atoms with Crippen molar-refractivity contribution in [1.82, 2.24) is 9.21 Å². The third kappa shape index (κ3) is 4.93. The Kier molecular flexibility index (Phi) is 7.49. The lowest BCUT2D eigenvalue weighted by Crippen LogP contribution is -2.48. The van der Waals surface area contributed by atoms with Crippen LogP contribution in [0.25, 0.3) is 0 Å². The van der Waals surface area contributed by atoms with Gasteiger partial charge in [0.2, 0.25) is 10.0 Å². The number of halogens is 1. The minimum atomic E-state index is -3.63. The van der Waals surface area contributed by atoms with Crippen LogP contribution in [-0.2, 0) is 16.6 Å². The minimum Gasteiger partial charge on any atom is -0.497 e. The fourth-order valence-corrected chi connectivity index (χ4v) is 4.69. The number of sulfonamides is 1. The molecule has 3 rings (SSSR count). The number of piperazine rings is 1. The van der Waals surface area contributed by atoms with Crippen LogP contribution in [0.15, 0.2) is 53.4 Å². The van der Waals surface area contributed by atoms with Gasteiger partial charge in [-0.3, -0.25) is 4.90 Å². The van der Waals surface area contributed by atoms with Crippen LogP contribution in [0.4, 0.5) is 0 Å². The lowest BCUT2D eigenvalue weighted by molar-refractivity contribution is 0.181. The number of ether oxygens (including phenoxy) is 2. The summed E-state index contributed by atoms with van der Waals surface area (Å²) in [6.45, 7) is 3.13. The molecule has 1 aliphatic rings. The van der Waals surface area contributed by atoms with E-state index in [4.69, 9.17) is 9.47 Å². The summed E-state index contributed by atoms with van der Waals surface area (Å²) in [6.07, 6.45) is 0. The monoisotopic (exact) mass is 412 g/mol. The first-order valence-corrected chi connectivity index (χ1v) is 9.97. The van der Waals surface area contributed by atoms with Gasteiger partial charge in [0.1, 0.15) is 16.4 Å². The number of rotatable bonds is 6. The van der Waals surface area contributed by atoms with E-state index in [1.807, 2.05) is 18.2 Å². The third-order valence-corrected chi connectivity index (χ3v) is 6.49. The first-order valence-electron chi connectivity index (χ1n) is 8.53. The van der Waals surface area contributed by atoms with E-state index in [9.17, 15) is 8.42 Å². The Hall–Kier alpha value is -1.80. The van der Waals surface area contributed by atoms with E-state index in [-0.39, 0.29) is 17.3 Å². The molecule has 0 bridgehead atoms. The number of benzene rings is 2. The Morgan fingerprint density at radius 2 is 1.59 bits per heavy atom. The summed E-state index contributed by atoms with van der Waals surface area (Å²) in [5.74, 6) is 0.824. The van der Waals surface area contributed by atoms with Crippen LogP contribution in [0, 0.1) is 0 Å². The van der Waals surface area contributed by atoms with Gasteiger partial charge in [0.25, 0.3) is 0 Å². The lowest BCUT2D eigenvalue weighted by Gasteiger charge is -2.34. The van der Waals surface area contributed by atoms with Crippen LogP contribution < -0.4 is 9.47 Å². The van der Waals surface area contributed by atoms with Crippen LogP contribution in [0.5, 0.6) is 11.5 Å². The second-order valence-electron chi connectivity index (χ2n) is 6.18. The van der Waals surface area contributed by atoms with Crippen molar-refractivity contribution in [3.63, 3.8) is 0 Å². The summed E-state index contributed by atoms with van der Waals surface area (Å²) >= 11 is 0. The summed E-state index contributed by atoms with van der Waals surface area (Å²) < 4.78 is 38.1. The SMILES string of the molecule is COc1ccc(OC)c(S(=O)(=O)N2CCN(Cc3ccccc3)CC2)c1.Cl. The van der Waals surface area contributed by atoms with E-state index in [0.717, 1.165) is 6.54 Å². The van der Waals surface area contributed by atoms with Gasteiger partial charge in [-0.05, 0) is 17.7 Å². The summed E-state index contributed by atoms with van der Waals surface area (Å²) in [6, 6.07) is 15.0. The first-order chi connectivity index (χ1) is 12.5. The zero-order chi connectivity index (χ0) is 18.6. The first kappa shape index (κ1) is 21.5. The molecule has 1 saturated heterocycles. The van der Waals surface area contributed by atoms with E-state index in [1.165, 1.54) is 30.2 Å². The molecule has 0 N–H and O–H groups in total. The lowest BCUT2D eigenvalue weighted by atomic mass is 10.2. The highest BCUT2D eigenvalue weighted by Crippen LogP contribution is 2.31. The quantitative estimate of drug-likeness (QED) is 0.730. The standard InChI is InChI=1S/C19H24N2O4S.ClH/c1-24-17-8-9-18(25-2)19(14-17)26(22,23)21-12-10-20(11-13-21)15-16-6-4-3-5-7-16;/h3-9,14H,10-13,15H2,1-2H3;1H. The van der Waals surface area contributed by atoms with Gasteiger partial charge in [-0.2, -0.15) is 4.31 Å². The topological polar surface area (TPSA) is 59.1 Å². The minimum absolute atomic E-state index is 0. The van der Waals surface area contributed by atoms with Gasteiger partial charge in [0, 0.05) is 38.8 Å². The Morgan fingerprint density at radius 1 is 0.926 bits per heavy atom. The molecule has 0 amide bonds. The Labute approximate surface area is 167 Å². The summed E-state index contributed by atoms with van der Waals surface area (Å²) in [4.78, 5) is 2.42. The van der Waals surface area contributed by atoms with Crippen molar-refractivity contribution in [1.29, 1.82) is 0 Å². The van der Waals surface area contributed by atoms with Crippen molar-refractivity contribution >= 4 is 22.4 Å². The van der Waals surface area contributed by atoms with E-state index in [1.54, 1.807) is 12.1 Å². The van der Waals surface area contributed by atoms with Gasteiger partial charge in [0.05, 0.1) is 14.2 Å². The molecule has 0 unspecified atom stereocenters. The smallest absolute Gasteiger partial charge is 0.246 e. The normalized spacial score (nSPS) is 15.8. The van der Waals surface area contributed by atoms with Gasteiger partial charge in [0.15, 0.2) is 0 Å². The molecular weight excluding hydrogens is 388 g/mol. The molecule has 0 spiro atoms. The molecule has 27 heavy (non-hydrogen) atoms. The summed E-state index contributed by atoms with van der Waals surface area (Å²) in [5, 5.41) is 0. The molecule has 0 aromatic heterocycles. The zero-order valence-corrected chi connectivity index (χ0v) is 17.1. The molecule has 0 atom stereocenters. The van der Waals surface area contributed by atoms with Gasteiger partial charge in [-0.25, -0.2) is 8.42 Å². The molecule has 1 fully saturated rings. The number of hydrogen-bond acceptors (Lipinski definition) is 5. The van der Waals surface area contributed by atoms with E-state index in [0.29, 0.717) is 37.7 Å². The van der Waals surface area contributed by atoms with Crippen LogP contribution in [0.1, 0.15) is 5.56 Å². The van der Waals surface area contributed by atoms with Crippen LogP contribution in [-0.4, -0.2) is 58.0 Å². The fourth-order valence-electron chi connectivity index (χ4n) is 3.09. The Balaban J connectivity index is 0.00000261. The zero-order valence-electron chi connectivity index (χ0n) is 15.5. The molecule has 0 saturated carbocycles. The molecule has 1 heterocycles. The highest BCUT2D eigenvalue weighted by molar-refractivity contribution is 7.89. The number of methoxy groups -OCH3 is 2. The number of nitrogens with zero attached hydrogens (tertiary/aromatic N) is 2. The van der Waals surface area contributed by atoms with Crippen molar-refractivity contribution in [3.8, 4) is 11.5 Å². The molecular formula is C19H25ClN2O4S. The van der Waals surface area contributed by atoms with E-state index >= 15 is 0 Å². The van der Waals surface area contributed by atoms with Crippen molar-refractivity contribution in [2.24, 2.45) is 0 Å². The molecule has 6 nitrogen and oxygen atoms in total. The van der Waals surface area contributed by atoms with Gasteiger partial charge in [-0.15, -0.1) is 12.4 Å². The largest absolute Gasteiger partial charge is 0.497 e. The van der Waals surface area contributed by atoms with Crippen molar-refractivity contribution in [3.05, 3.63) is 54.1 Å². The average Bonchev–Trinajstić information content (AvgIpc) is 2.68. The molecule has 0 radical (unpaired) electrons. The van der Waals surface area contributed by atoms with Crippen molar-refractivity contribution in [2.45, 2.75) is 11.4 Å². The maximum Gasteiger partial charge on any atom is 0.246 e. The second kappa shape index (κ2) is 9.41. The molecule has 8 heteroatoms. The van der Waals surface area contributed by atoms with Crippen LogP contribution in [0.3, 0.4) is 0 Å². The van der Waals surface area contributed by atoms with Gasteiger partial charge in [-0.1, -0.05) is 30.3 Å². The summed E-state index contributed by atoms with van der Waals surface area (Å²) in [5.41, 5.74) is 1.23. The van der Waals surface area contributed by atoms with Crippen molar-refractivity contribution in [2.75, 3.05) is 40.4 Å². The third-order valence-electron chi connectivity index (χ3n) is 4.57. The molecule has 2 aromatic carbocycles. The van der Waals surface area contributed by atoms with Crippen molar-refractivity contribution < 1.29 is 17.9 Å². The number of hydrogen-bond donors (Lipinski definition) is 0. The molecule has 2 aromatic rings. The fraction of sp³-hybridized carbons (Fsp3) is 0.368. The summed E-state index contributed by atoms with van der Waals surface area (Å²) in [7, 11) is -0.647. The predicted molar refractivity (Wildman–Crippen MR) is 107 cm³/mol. The average molecular weight is 413 g/mol. The molecule has 0 aliphatic carbocycles. The Morgan fingerprint density at radius 3 is 2.19 bits per heavy atom. The maximum atomic E-state index is 13.1. The molecule has 1 aliphatic heterocycles. The van der Waals surface area contributed by atoms with E-state index in [2.05, 4.69) is 17.0 Å². The predicted octanol–water partition coefficient (Wildman–Crippen LogP) is 2.63. The maximum absolute atomic E-state index is 13.1. The van der Waals surface area contributed by atoms with Gasteiger partial charge < -0.3 is 9.47 Å². The van der Waals surface area contributed by atoms with E-state index < -0.39 is 10.0 Å². The van der Waals surface area contributed by atoms with Crippen LogP contribution >= 0.6 is 12.4 Å². The highest BCUT2D eigenvalue weighted by Gasteiger charge is 2.31. The molecule has 148 valence electrons. The highest BCUT2D eigenvalue weighted by atomic mass is 35.5. The van der Waals surface area contributed by atoms with Crippen LogP contribution in [0.2, 0.25) is 0 Å². The Bertz CT molecular complexity index is 838.